The Morgan fingerprint density at radius 3 is 2.16 bits per heavy atom. The topological polar surface area (TPSA) is 78.5 Å². The fourth-order valence-electron chi connectivity index (χ4n) is 3.00. The van der Waals surface area contributed by atoms with E-state index in [-0.39, 0.29) is 18.7 Å². The Morgan fingerprint density at radius 2 is 1.60 bits per heavy atom. The van der Waals surface area contributed by atoms with E-state index in [1.165, 1.54) is 0 Å². The Balaban J connectivity index is 1.79. The lowest BCUT2D eigenvalue weighted by atomic mass is 9.85. The molecule has 0 bridgehead atoms. The molecule has 1 saturated heterocycles. The van der Waals surface area contributed by atoms with Gasteiger partial charge in [-0.3, -0.25) is 14.9 Å². The summed E-state index contributed by atoms with van der Waals surface area (Å²) in [6, 6.07) is 17.7. The first-order chi connectivity index (χ1) is 12.0. The largest absolute Gasteiger partial charge is 0.322 e. The quantitative estimate of drug-likeness (QED) is 0.821. The van der Waals surface area contributed by atoms with E-state index in [9.17, 15) is 14.4 Å². The van der Waals surface area contributed by atoms with Crippen LogP contribution >= 0.6 is 0 Å². The van der Waals surface area contributed by atoms with Crippen LogP contribution in [0, 0.1) is 0 Å². The van der Waals surface area contributed by atoms with Gasteiger partial charge >= 0.3 is 6.03 Å². The minimum absolute atomic E-state index is 0.119. The fourth-order valence-corrected chi connectivity index (χ4v) is 3.00. The SMILES string of the molecule is CN(C(=O)CCC1(c2ccccc2)NC(=O)NC1=O)c1ccccc1. The van der Waals surface area contributed by atoms with Crippen molar-refractivity contribution in [2.45, 2.75) is 18.4 Å². The van der Waals surface area contributed by atoms with Crippen molar-refractivity contribution < 1.29 is 14.4 Å². The van der Waals surface area contributed by atoms with Crippen LogP contribution in [0.15, 0.2) is 60.7 Å². The van der Waals surface area contributed by atoms with E-state index in [0.717, 1.165) is 5.69 Å². The van der Waals surface area contributed by atoms with E-state index in [0.29, 0.717) is 5.56 Å². The van der Waals surface area contributed by atoms with Crippen molar-refractivity contribution in [1.82, 2.24) is 10.6 Å². The number of benzene rings is 2. The predicted octanol–water partition coefficient (Wildman–Crippen LogP) is 2.16. The summed E-state index contributed by atoms with van der Waals surface area (Å²) < 4.78 is 0. The van der Waals surface area contributed by atoms with Crippen LogP contribution in [0.4, 0.5) is 10.5 Å². The van der Waals surface area contributed by atoms with E-state index < -0.39 is 17.5 Å². The minimum atomic E-state index is -1.22. The molecule has 0 aliphatic carbocycles. The van der Waals surface area contributed by atoms with Crippen LogP contribution in [0.25, 0.3) is 0 Å². The van der Waals surface area contributed by atoms with Crippen molar-refractivity contribution in [2.75, 3.05) is 11.9 Å². The maximum atomic E-state index is 12.5. The summed E-state index contributed by atoms with van der Waals surface area (Å²) in [6.07, 6.45) is 0.304. The van der Waals surface area contributed by atoms with Crippen LogP contribution in [0.3, 0.4) is 0 Å². The van der Waals surface area contributed by atoms with E-state index in [1.807, 2.05) is 36.4 Å². The van der Waals surface area contributed by atoms with Crippen molar-refractivity contribution in [2.24, 2.45) is 0 Å². The molecule has 1 aliphatic rings. The molecule has 1 heterocycles. The number of rotatable bonds is 5. The van der Waals surface area contributed by atoms with Gasteiger partial charge in [-0.25, -0.2) is 4.79 Å². The van der Waals surface area contributed by atoms with Gasteiger partial charge in [0.15, 0.2) is 0 Å². The highest BCUT2D eigenvalue weighted by molar-refractivity contribution is 6.07. The third kappa shape index (κ3) is 3.24. The number of nitrogens with one attached hydrogen (secondary N) is 2. The van der Waals surface area contributed by atoms with Crippen LogP contribution in [-0.2, 0) is 15.1 Å². The first-order valence-electron chi connectivity index (χ1n) is 8.04. The first kappa shape index (κ1) is 16.7. The number of para-hydroxylation sites is 1. The molecule has 6 nitrogen and oxygen atoms in total. The van der Waals surface area contributed by atoms with Gasteiger partial charge in [0.1, 0.15) is 5.54 Å². The van der Waals surface area contributed by atoms with Gasteiger partial charge in [-0.2, -0.15) is 0 Å². The number of anilines is 1. The minimum Gasteiger partial charge on any atom is -0.319 e. The Morgan fingerprint density at radius 1 is 1.00 bits per heavy atom. The normalized spacial score (nSPS) is 19.2. The van der Waals surface area contributed by atoms with Crippen molar-refractivity contribution in [3.63, 3.8) is 0 Å². The van der Waals surface area contributed by atoms with E-state index >= 15 is 0 Å². The van der Waals surface area contributed by atoms with Gasteiger partial charge in [-0.1, -0.05) is 48.5 Å². The van der Waals surface area contributed by atoms with Gasteiger partial charge in [0.05, 0.1) is 0 Å². The third-order valence-corrected chi connectivity index (χ3v) is 4.44. The Bertz CT molecular complexity index is 792. The second kappa shape index (κ2) is 6.76. The highest BCUT2D eigenvalue weighted by Gasteiger charge is 2.47. The van der Waals surface area contributed by atoms with Crippen LogP contribution in [0.2, 0.25) is 0 Å². The lowest BCUT2D eigenvalue weighted by Gasteiger charge is -2.27. The molecule has 1 unspecified atom stereocenters. The number of amides is 4. The standard InChI is InChI=1S/C19H19N3O3/c1-22(15-10-6-3-7-11-15)16(23)12-13-19(14-8-4-2-5-9-14)17(24)20-18(25)21-19/h2-11H,12-13H2,1H3,(H2,20,21,24,25). The molecule has 0 spiro atoms. The second-order valence-corrected chi connectivity index (χ2v) is 5.97. The molecular weight excluding hydrogens is 318 g/mol. The summed E-state index contributed by atoms with van der Waals surface area (Å²) in [4.78, 5) is 38.2. The second-order valence-electron chi connectivity index (χ2n) is 5.97. The zero-order valence-electron chi connectivity index (χ0n) is 13.9. The third-order valence-electron chi connectivity index (χ3n) is 4.44. The number of urea groups is 1. The molecule has 25 heavy (non-hydrogen) atoms. The van der Waals surface area contributed by atoms with Crippen molar-refractivity contribution in [3.05, 3.63) is 66.2 Å². The average Bonchev–Trinajstić information content (AvgIpc) is 2.95. The molecule has 0 aromatic heterocycles. The summed E-state index contributed by atoms with van der Waals surface area (Å²) in [7, 11) is 1.69. The zero-order valence-corrected chi connectivity index (χ0v) is 13.9. The van der Waals surface area contributed by atoms with E-state index in [1.54, 1.807) is 36.2 Å². The van der Waals surface area contributed by atoms with E-state index in [4.69, 9.17) is 0 Å². The van der Waals surface area contributed by atoms with Crippen molar-refractivity contribution in [3.8, 4) is 0 Å². The summed E-state index contributed by atoms with van der Waals surface area (Å²) in [5.74, 6) is -0.561. The maximum Gasteiger partial charge on any atom is 0.322 e. The maximum absolute atomic E-state index is 12.5. The number of carbonyl (C=O) groups is 3. The molecule has 2 aromatic rings. The number of hydrogen-bond acceptors (Lipinski definition) is 3. The Kier molecular flexibility index (Phi) is 4.52. The zero-order chi connectivity index (χ0) is 17.9. The van der Waals surface area contributed by atoms with Gasteiger partial charge in [0.2, 0.25) is 5.91 Å². The lowest BCUT2D eigenvalue weighted by molar-refractivity contribution is -0.125. The molecule has 0 radical (unpaired) electrons. The number of nitrogens with zero attached hydrogens (tertiary/aromatic N) is 1. The molecule has 4 amide bonds. The van der Waals surface area contributed by atoms with Crippen molar-refractivity contribution >= 4 is 23.5 Å². The summed E-state index contributed by atoms with van der Waals surface area (Å²) in [5, 5.41) is 4.97. The average molecular weight is 337 g/mol. The molecule has 1 fully saturated rings. The van der Waals surface area contributed by atoms with Gasteiger partial charge in [0.25, 0.3) is 5.91 Å². The smallest absolute Gasteiger partial charge is 0.319 e. The summed E-state index contributed by atoms with van der Waals surface area (Å²) >= 11 is 0. The molecule has 3 rings (SSSR count). The molecular formula is C19H19N3O3. The number of hydrogen-bond donors (Lipinski definition) is 2. The van der Waals surface area contributed by atoms with Crippen LogP contribution < -0.4 is 15.5 Å². The molecule has 1 aliphatic heterocycles. The van der Waals surface area contributed by atoms with Gasteiger partial charge in [-0.05, 0) is 24.1 Å². The summed E-state index contributed by atoms with van der Waals surface area (Å²) in [5.41, 5.74) is 0.223. The highest BCUT2D eigenvalue weighted by atomic mass is 16.2. The first-order valence-corrected chi connectivity index (χ1v) is 8.04. The predicted molar refractivity (Wildman–Crippen MR) is 93.9 cm³/mol. The molecule has 1 atom stereocenters. The van der Waals surface area contributed by atoms with Crippen molar-refractivity contribution in [1.29, 1.82) is 0 Å². The van der Waals surface area contributed by atoms with Gasteiger partial charge in [-0.15, -0.1) is 0 Å². The van der Waals surface area contributed by atoms with Gasteiger partial charge in [0, 0.05) is 19.2 Å². The van der Waals surface area contributed by atoms with E-state index in [2.05, 4.69) is 10.6 Å². The van der Waals surface area contributed by atoms with Crippen LogP contribution in [-0.4, -0.2) is 24.9 Å². The number of imide groups is 1. The van der Waals surface area contributed by atoms with Crippen LogP contribution in [0.1, 0.15) is 18.4 Å². The lowest BCUT2D eigenvalue weighted by Crippen LogP contribution is -2.44. The molecule has 2 aromatic carbocycles. The highest BCUT2D eigenvalue weighted by Crippen LogP contribution is 2.30. The molecule has 2 N–H and O–H groups in total. The number of carbonyl (C=O) groups excluding carboxylic acids is 3. The monoisotopic (exact) mass is 337 g/mol. The van der Waals surface area contributed by atoms with Crippen LogP contribution in [0.5, 0.6) is 0 Å². The Hall–Kier alpha value is -3.15. The fraction of sp³-hybridized carbons (Fsp3) is 0.211. The Labute approximate surface area is 145 Å². The molecule has 6 heteroatoms. The summed E-state index contributed by atoms with van der Waals surface area (Å²) in [6.45, 7) is 0. The van der Waals surface area contributed by atoms with Gasteiger partial charge < -0.3 is 10.2 Å². The molecule has 128 valence electrons. The molecule has 0 saturated carbocycles.